The molecular weight excluding hydrogens is 226 g/mol. The summed E-state index contributed by atoms with van der Waals surface area (Å²) < 4.78 is 0. The molecule has 90 valence electrons. The average Bonchev–Trinajstić information content (AvgIpc) is 2.19. The van der Waals surface area contributed by atoms with Crippen LogP contribution in [0.4, 0.5) is 0 Å². The van der Waals surface area contributed by atoms with E-state index in [1.54, 1.807) is 0 Å². The van der Waals surface area contributed by atoms with E-state index < -0.39 is 5.97 Å². The molecule has 0 aliphatic rings. The Kier molecular flexibility index (Phi) is 10.9. The first-order valence-corrected chi connectivity index (χ1v) is 4.60. The van der Waals surface area contributed by atoms with Crippen molar-refractivity contribution in [3.8, 4) is 0 Å². The van der Waals surface area contributed by atoms with Gasteiger partial charge < -0.3 is 10.0 Å². The summed E-state index contributed by atoms with van der Waals surface area (Å²) in [6.07, 6.45) is 0.833. The summed E-state index contributed by atoms with van der Waals surface area (Å²) in [7, 11) is 4.15. The van der Waals surface area contributed by atoms with E-state index in [4.69, 9.17) is 5.11 Å². The van der Waals surface area contributed by atoms with Gasteiger partial charge in [-0.15, -0.1) is 12.4 Å². The minimum absolute atomic E-state index is 0. The Morgan fingerprint density at radius 3 is 2.12 bits per heavy atom. The van der Waals surface area contributed by atoms with Gasteiger partial charge in [0.25, 0.3) is 0 Å². The molecule has 16 heavy (non-hydrogen) atoms. The lowest BCUT2D eigenvalue weighted by Gasteiger charge is -2.08. The van der Waals surface area contributed by atoms with Gasteiger partial charge in [-0.25, -0.2) is 4.79 Å². The SMILES string of the molecule is C=CC(=O)O.CN(C)Cc1ccccc1.Cl. The van der Waals surface area contributed by atoms with Crippen LogP contribution in [0.1, 0.15) is 5.56 Å². The van der Waals surface area contributed by atoms with Crippen LogP contribution in [0.3, 0.4) is 0 Å². The molecule has 0 bridgehead atoms. The zero-order valence-electron chi connectivity index (χ0n) is 9.59. The van der Waals surface area contributed by atoms with Crippen LogP contribution in [-0.4, -0.2) is 30.1 Å². The predicted octanol–water partition coefficient (Wildman–Crippen LogP) is 2.43. The summed E-state index contributed by atoms with van der Waals surface area (Å²) in [5.74, 6) is -0.981. The third-order valence-corrected chi connectivity index (χ3v) is 1.52. The molecule has 0 radical (unpaired) electrons. The zero-order valence-corrected chi connectivity index (χ0v) is 10.4. The van der Waals surface area contributed by atoms with Gasteiger partial charge in [0.15, 0.2) is 0 Å². The Labute approximate surface area is 103 Å². The molecule has 0 aliphatic heterocycles. The van der Waals surface area contributed by atoms with Gasteiger partial charge in [0.1, 0.15) is 0 Å². The van der Waals surface area contributed by atoms with Crippen molar-refractivity contribution in [3.05, 3.63) is 48.6 Å². The first-order valence-electron chi connectivity index (χ1n) is 4.60. The minimum atomic E-state index is -0.981. The van der Waals surface area contributed by atoms with E-state index in [-0.39, 0.29) is 12.4 Å². The first-order chi connectivity index (χ1) is 7.06. The van der Waals surface area contributed by atoms with Crippen molar-refractivity contribution in [2.24, 2.45) is 0 Å². The Morgan fingerprint density at radius 1 is 1.38 bits per heavy atom. The van der Waals surface area contributed by atoms with Crippen LogP contribution < -0.4 is 0 Å². The summed E-state index contributed by atoms with van der Waals surface area (Å²) >= 11 is 0. The molecule has 0 atom stereocenters. The van der Waals surface area contributed by atoms with Gasteiger partial charge in [-0.2, -0.15) is 0 Å². The highest BCUT2D eigenvalue weighted by Gasteiger charge is 1.90. The number of aliphatic carboxylic acids is 1. The fraction of sp³-hybridized carbons (Fsp3) is 0.250. The number of hydrogen-bond donors (Lipinski definition) is 1. The fourth-order valence-electron chi connectivity index (χ4n) is 0.949. The molecule has 0 aromatic heterocycles. The lowest BCUT2D eigenvalue weighted by atomic mass is 10.2. The summed E-state index contributed by atoms with van der Waals surface area (Å²) in [6.45, 7) is 3.99. The molecule has 1 aromatic carbocycles. The van der Waals surface area contributed by atoms with Gasteiger partial charge in [-0.3, -0.25) is 0 Å². The quantitative estimate of drug-likeness (QED) is 0.829. The smallest absolute Gasteiger partial charge is 0.327 e. The van der Waals surface area contributed by atoms with Crippen LogP contribution >= 0.6 is 12.4 Å². The molecule has 4 heteroatoms. The van der Waals surface area contributed by atoms with Crippen molar-refractivity contribution in [3.63, 3.8) is 0 Å². The number of benzene rings is 1. The summed E-state index contributed by atoms with van der Waals surface area (Å²) in [4.78, 5) is 11.4. The maximum absolute atomic E-state index is 9.25. The van der Waals surface area contributed by atoms with E-state index in [9.17, 15) is 4.79 Å². The fourth-order valence-corrected chi connectivity index (χ4v) is 0.949. The van der Waals surface area contributed by atoms with Crippen LogP contribution in [0.5, 0.6) is 0 Å². The van der Waals surface area contributed by atoms with Crippen LogP contribution in [0, 0.1) is 0 Å². The first kappa shape index (κ1) is 17.1. The van der Waals surface area contributed by atoms with Crippen molar-refractivity contribution in [2.75, 3.05) is 14.1 Å². The summed E-state index contributed by atoms with van der Waals surface area (Å²) in [5, 5.41) is 7.60. The highest BCUT2D eigenvalue weighted by Crippen LogP contribution is 1.99. The number of carboxylic acid groups (broad SMARTS) is 1. The van der Waals surface area contributed by atoms with Crippen molar-refractivity contribution < 1.29 is 9.90 Å². The highest BCUT2D eigenvalue weighted by molar-refractivity contribution is 5.85. The van der Waals surface area contributed by atoms with E-state index in [1.165, 1.54) is 5.56 Å². The molecule has 1 N–H and O–H groups in total. The van der Waals surface area contributed by atoms with E-state index in [1.807, 2.05) is 6.07 Å². The van der Waals surface area contributed by atoms with Gasteiger partial charge in [0, 0.05) is 12.6 Å². The zero-order chi connectivity index (χ0) is 11.7. The third-order valence-electron chi connectivity index (χ3n) is 1.52. The minimum Gasteiger partial charge on any atom is -0.478 e. The Morgan fingerprint density at radius 2 is 1.81 bits per heavy atom. The molecule has 0 saturated heterocycles. The van der Waals surface area contributed by atoms with Gasteiger partial charge in [0.2, 0.25) is 0 Å². The molecule has 0 unspecified atom stereocenters. The lowest BCUT2D eigenvalue weighted by Crippen LogP contribution is -2.10. The standard InChI is InChI=1S/C9H13N.C3H4O2.ClH/c1-10(2)8-9-6-4-3-5-7-9;1-2-3(4)5;/h3-7H,8H2,1-2H3;2H,1H2,(H,4,5);1H. The van der Waals surface area contributed by atoms with E-state index in [0.29, 0.717) is 0 Å². The molecule has 1 aromatic rings. The van der Waals surface area contributed by atoms with Gasteiger partial charge in [0.05, 0.1) is 0 Å². The largest absolute Gasteiger partial charge is 0.478 e. The normalized spacial score (nSPS) is 8.44. The van der Waals surface area contributed by atoms with Crippen molar-refractivity contribution in [1.29, 1.82) is 0 Å². The average molecular weight is 244 g/mol. The number of nitrogens with zero attached hydrogens (tertiary/aromatic N) is 1. The number of hydrogen-bond acceptors (Lipinski definition) is 2. The van der Waals surface area contributed by atoms with Crippen molar-refractivity contribution in [2.45, 2.75) is 6.54 Å². The number of carbonyl (C=O) groups is 1. The molecule has 0 fully saturated rings. The van der Waals surface area contributed by atoms with E-state index in [0.717, 1.165) is 12.6 Å². The second-order valence-corrected chi connectivity index (χ2v) is 3.27. The molecular formula is C12H18ClNO2. The van der Waals surface area contributed by atoms with Gasteiger partial charge >= 0.3 is 5.97 Å². The second kappa shape index (κ2) is 10.2. The predicted molar refractivity (Wildman–Crippen MR) is 68.9 cm³/mol. The highest BCUT2D eigenvalue weighted by atomic mass is 35.5. The molecule has 1 rings (SSSR count). The summed E-state index contributed by atoms with van der Waals surface area (Å²) in [6, 6.07) is 10.5. The van der Waals surface area contributed by atoms with Crippen molar-refractivity contribution in [1.82, 2.24) is 4.90 Å². The molecule has 3 nitrogen and oxygen atoms in total. The maximum Gasteiger partial charge on any atom is 0.327 e. The molecule has 0 saturated carbocycles. The topological polar surface area (TPSA) is 40.5 Å². The van der Waals surface area contributed by atoms with E-state index in [2.05, 4.69) is 49.8 Å². The second-order valence-electron chi connectivity index (χ2n) is 3.27. The van der Waals surface area contributed by atoms with Gasteiger partial charge in [-0.05, 0) is 19.7 Å². The Hall–Kier alpha value is -1.32. The van der Waals surface area contributed by atoms with Gasteiger partial charge in [-0.1, -0.05) is 36.9 Å². The summed E-state index contributed by atoms with van der Waals surface area (Å²) in [5.41, 5.74) is 1.37. The maximum atomic E-state index is 9.25. The molecule has 0 amide bonds. The molecule has 0 spiro atoms. The number of halogens is 1. The Balaban J connectivity index is 0. The van der Waals surface area contributed by atoms with Crippen LogP contribution in [0.2, 0.25) is 0 Å². The third kappa shape index (κ3) is 10.8. The van der Waals surface area contributed by atoms with Crippen LogP contribution in [0.15, 0.2) is 43.0 Å². The Bertz CT molecular complexity index is 299. The van der Waals surface area contributed by atoms with Crippen LogP contribution in [0.25, 0.3) is 0 Å². The molecule has 0 heterocycles. The van der Waals surface area contributed by atoms with E-state index >= 15 is 0 Å². The number of carboxylic acids is 1. The van der Waals surface area contributed by atoms with Crippen molar-refractivity contribution >= 4 is 18.4 Å². The molecule has 0 aliphatic carbocycles. The lowest BCUT2D eigenvalue weighted by molar-refractivity contribution is -0.131. The monoisotopic (exact) mass is 243 g/mol. The van der Waals surface area contributed by atoms with Crippen LogP contribution in [-0.2, 0) is 11.3 Å². The number of rotatable bonds is 3.